The van der Waals surface area contributed by atoms with Gasteiger partial charge in [0.1, 0.15) is 0 Å². The number of nitrogens with zero attached hydrogens (tertiary/aromatic N) is 1. The van der Waals surface area contributed by atoms with Crippen LogP contribution in [0.5, 0.6) is 0 Å². The van der Waals surface area contributed by atoms with Gasteiger partial charge in [0, 0.05) is 18.6 Å². The van der Waals surface area contributed by atoms with Gasteiger partial charge in [0.15, 0.2) is 0 Å². The zero-order chi connectivity index (χ0) is 13.5. The second kappa shape index (κ2) is 7.55. The van der Waals surface area contributed by atoms with Crippen molar-refractivity contribution in [2.24, 2.45) is 0 Å². The van der Waals surface area contributed by atoms with Gasteiger partial charge in [0.2, 0.25) is 0 Å². The molecule has 0 aliphatic heterocycles. The quantitative estimate of drug-likeness (QED) is 0.797. The van der Waals surface area contributed by atoms with Crippen LogP contribution >= 0.6 is 0 Å². The van der Waals surface area contributed by atoms with Crippen molar-refractivity contribution in [1.29, 1.82) is 0 Å². The first-order chi connectivity index (χ1) is 8.49. The molecule has 0 aromatic heterocycles. The fourth-order valence-corrected chi connectivity index (χ4v) is 2.06. The molecule has 1 rings (SSSR count). The lowest BCUT2D eigenvalue weighted by molar-refractivity contribution is 0.235. The predicted octanol–water partition coefficient (Wildman–Crippen LogP) is 3.20. The number of hydrogen-bond donors (Lipinski definition) is 1. The summed E-state index contributed by atoms with van der Waals surface area (Å²) in [5.74, 6) is 0. The molecule has 0 heterocycles. The highest BCUT2D eigenvalue weighted by atomic mass is 15.1. The van der Waals surface area contributed by atoms with Crippen LogP contribution in [0.4, 0.5) is 0 Å². The summed E-state index contributed by atoms with van der Waals surface area (Å²) in [4.78, 5) is 2.43. The molecule has 1 unspecified atom stereocenters. The number of hydrogen-bond acceptors (Lipinski definition) is 2. The first-order valence-corrected chi connectivity index (χ1v) is 6.98. The Bertz CT molecular complexity index is 347. The molecular formula is C16H28N2. The standard InChI is InChI=1S/C16H28N2/c1-13(2)17-10-9-15(4)18(5)12-16-8-6-7-14(3)11-16/h6-8,11,13,15,17H,9-10,12H2,1-5H3. The summed E-state index contributed by atoms with van der Waals surface area (Å²) in [7, 11) is 2.21. The van der Waals surface area contributed by atoms with Gasteiger partial charge in [0.25, 0.3) is 0 Å². The van der Waals surface area contributed by atoms with Crippen LogP contribution in [0, 0.1) is 6.92 Å². The largest absolute Gasteiger partial charge is 0.314 e. The maximum absolute atomic E-state index is 3.48. The van der Waals surface area contributed by atoms with Crippen LogP contribution in [-0.2, 0) is 6.54 Å². The molecule has 0 saturated carbocycles. The Labute approximate surface area is 112 Å². The number of benzene rings is 1. The fraction of sp³-hybridized carbons (Fsp3) is 0.625. The number of rotatable bonds is 7. The highest BCUT2D eigenvalue weighted by Crippen LogP contribution is 2.10. The second-order valence-corrected chi connectivity index (χ2v) is 5.65. The molecule has 0 amide bonds. The van der Waals surface area contributed by atoms with E-state index in [1.165, 1.54) is 17.5 Å². The fourth-order valence-electron chi connectivity index (χ4n) is 2.06. The summed E-state index contributed by atoms with van der Waals surface area (Å²) in [6.07, 6.45) is 1.19. The van der Waals surface area contributed by atoms with Crippen molar-refractivity contribution in [3.8, 4) is 0 Å². The van der Waals surface area contributed by atoms with Crippen LogP contribution in [0.15, 0.2) is 24.3 Å². The molecule has 1 N–H and O–H groups in total. The normalized spacial score (nSPS) is 13.3. The van der Waals surface area contributed by atoms with E-state index in [0.717, 1.165) is 13.1 Å². The van der Waals surface area contributed by atoms with E-state index in [4.69, 9.17) is 0 Å². The minimum absolute atomic E-state index is 0.583. The van der Waals surface area contributed by atoms with Gasteiger partial charge in [-0.1, -0.05) is 43.7 Å². The first-order valence-electron chi connectivity index (χ1n) is 6.98. The van der Waals surface area contributed by atoms with E-state index in [-0.39, 0.29) is 0 Å². The Kier molecular flexibility index (Phi) is 6.37. The Morgan fingerprint density at radius 1 is 1.22 bits per heavy atom. The zero-order valence-corrected chi connectivity index (χ0v) is 12.5. The van der Waals surface area contributed by atoms with Gasteiger partial charge in [-0.05, 0) is 39.4 Å². The van der Waals surface area contributed by atoms with Crippen molar-refractivity contribution in [2.75, 3.05) is 13.6 Å². The second-order valence-electron chi connectivity index (χ2n) is 5.65. The SMILES string of the molecule is Cc1cccc(CN(C)C(C)CCNC(C)C)c1. The Morgan fingerprint density at radius 3 is 2.56 bits per heavy atom. The minimum atomic E-state index is 0.583. The summed E-state index contributed by atoms with van der Waals surface area (Å²) in [5.41, 5.74) is 2.75. The van der Waals surface area contributed by atoms with Gasteiger partial charge in [-0.25, -0.2) is 0 Å². The molecule has 18 heavy (non-hydrogen) atoms. The third-order valence-electron chi connectivity index (χ3n) is 3.38. The molecule has 0 bridgehead atoms. The molecule has 0 saturated heterocycles. The molecule has 2 nitrogen and oxygen atoms in total. The third kappa shape index (κ3) is 5.65. The summed E-state index contributed by atoms with van der Waals surface area (Å²) in [6, 6.07) is 9.97. The first kappa shape index (κ1) is 15.2. The topological polar surface area (TPSA) is 15.3 Å². The maximum atomic E-state index is 3.48. The summed E-state index contributed by atoms with van der Waals surface area (Å²) >= 11 is 0. The molecule has 1 atom stereocenters. The summed E-state index contributed by atoms with van der Waals surface area (Å²) < 4.78 is 0. The monoisotopic (exact) mass is 248 g/mol. The molecule has 2 heteroatoms. The number of aryl methyl sites for hydroxylation is 1. The van der Waals surface area contributed by atoms with Gasteiger partial charge in [-0.15, -0.1) is 0 Å². The Balaban J connectivity index is 2.37. The van der Waals surface area contributed by atoms with Crippen LogP contribution in [0.2, 0.25) is 0 Å². The molecule has 0 aliphatic rings. The third-order valence-corrected chi connectivity index (χ3v) is 3.38. The van der Waals surface area contributed by atoms with Crippen LogP contribution in [0.3, 0.4) is 0 Å². The van der Waals surface area contributed by atoms with Crippen molar-refractivity contribution in [3.63, 3.8) is 0 Å². The lowest BCUT2D eigenvalue weighted by Crippen LogP contribution is -2.33. The van der Waals surface area contributed by atoms with Crippen LogP contribution in [0.1, 0.15) is 38.3 Å². The van der Waals surface area contributed by atoms with Gasteiger partial charge in [0.05, 0.1) is 0 Å². The van der Waals surface area contributed by atoms with Crippen LogP contribution < -0.4 is 5.32 Å². The van der Waals surface area contributed by atoms with E-state index < -0.39 is 0 Å². The zero-order valence-electron chi connectivity index (χ0n) is 12.5. The van der Waals surface area contributed by atoms with E-state index in [1.54, 1.807) is 0 Å². The lowest BCUT2D eigenvalue weighted by Gasteiger charge is -2.25. The Morgan fingerprint density at radius 2 is 1.94 bits per heavy atom. The molecule has 0 aliphatic carbocycles. The maximum Gasteiger partial charge on any atom is 0.0233 e. The van der Waals surface area contributed by atoms with Crippen molar-refractivity contribution in [2.45, 2.75) is 52.7 Å². The van der Waals surface area contributed by atoms with E-state index >= 15 is 0 Å². The predicted molar refractivity (Wildman–Crippen MR) is 79.9 cm³/mol. The van der Waals surface area contributed by atoms with E-state index in [1.807, 2.05) is 0 Å². The smallest absolute Gasteiger partial charge is 0.0233 e. The molecule has 1 aromatic rings. The molecule has 1 aromatic carbocycles. The minimum Gasteiger partial charge on any atom is -0.314 e. The van der Waals surface area contributed by atoms with Gasteiger partial charge < -0.3 is 5.32 Å². The average Bonchev–Trinajstić information content (AvgIpc) is 2.28. The van der Waals surface area contributed by atoms with Crippen LogP contribution in [-0.4, -0.2) is 30.6 Å². The number of nitrogens with one attached hydrogen (secondary N) is 1. The van der Waals surface area contributed by atoms with Crippen LogP contribution in [0.25, 0.3) is 0 Å². The molecule has 0 radical (unpaired) electrons. The molecule has 0 fully saturated rings. The molecule has 102 valence electrons. The highest BCUT2D eigenvalue weighted by molar-refractivity contribution is 5.22. The van der Waals surface area contributed by atoms with E-state index in [9.17, 15) is 0 Å². The van der Waals surface area contributed by atoms with Crippen molar-refractivity contribution >= 4 is 0 Å². The van der Waals surface area contributed by atoms with Crippen molar-refractivity contribution in [3.05, 3.63) is 35.4 Å². The van der Waals surface area contributed by atoms with Gasteiger partial charge in [-0.3, -0.25) is 4.90 Å². The van der Waals surface area contributed by atoms with Crippen molar-refractivity contribution in [1.82, 2.24) is 10.2 Å². The van der Waals surface area contributed by atoms with Gasteiger partial charge in [-0.2, -0.15) is 0 Å². The summed E-state index contributed by atoms with van der Waals surface area (Å²) in [5, 5.41) is 3.48. The Hall–Kier alpha value is -0.860. The molecular weight excluding hydrogens is 220 g/mol. The lowest BCUT2D eigenvalue weighted by atomic mass is 10.1. The van der Waals surface area contributed by atoms with Crippen molar-refractivity contribution < 1.29 is 0 Å². The molecule has 0 spiro atoms. The van der Waals surface area contributed by atoms with E-state index in [0.29, 0.717) is 12.1 Å². The average molecular weight is 248 g/mol. The van der Waals surface area contributed by atoms with Gasteiger partial charge >= 0.3 is 0 Å². The van der Waals surface area contributed by atoms with E-state index in [2.05, 4.69) is 69.2 Å². The summed E-state index contributed by atoms with van der Waals surface area (Å²) in [6.45, 7) is 11.0. The highest BCUT2D eigenvalue weighted by Gasteiger charge is 2.09.